The number of amides is 2. The number of methoxy groups -OCH3 is 1. The fourth-order valence-electron chi connectivity index (χ4n) is 3.47. The zero-order valence-electron chi connectivity index (χ0n) is 17.1. The number of carbonyl (C=O) groups excluding carboxylic acids is 1. The summed E-state index contributed by atoms with van der Waals surface area (Å²) in [6, 6.07) is 9.69. The van der Waals surface area contributed by atoms with Crippen molar-refractivity contribution in [1.29, 1.82) is 0 Å². The maximum Gasteiger partial charge on any atom is 0.322 e. The number of para-hydroxylation sites is 2. The Balaban J connectivity index is 1.65. The van der Waals surface area contributed by atoms with Crippen LogP contribution in [0.1, 0.15) is 18.2 Å². The minimum atomic E-state index is -0.152. The zero-order chi connectivity index (χ0) is 20.8. The van der Waals surface area contributed by atoms with Crippen molar-refractivity contribution < 1.29 is 14.3 Å². The van der Waals surface area contributed by atoms with Crippen LogP contribution in [0.3, 0.4) is 0 Å². The highest BCUT2D eigenvalue weighted by Gasteiger charge is 2.24. The van der Waals surface area contributed by atoms with Gasteiger partial charge in [0.2, 0.25) is 5.88 Å². The minimum Gasteiger partial charge on any atom is -0.480 e. The van der Waals surface area contributed by atoms with E-state index in [4.69, 9.17) is 21.1 Å². The summed E-state index contributed by atoms with van der Waals surface area (Å²) in [4.78, 5) is 21.3. The molecule has 3 rings (SSSR count). The predicted octanol–water partition coefficient (Wildman–Crippen LogP) is 3.89. The lowest BCUT2D eigenvalue weighted by Gasteiger charge is -2.36. The highest BCUT2D eigenvalue weighted by Crippen LogP contribution is 2.29. The number of nitrogens with one attached hydrogen (secondary N) is 1. The van der Waals surface area contributed by atoms with E-state index >= 15 is 0 Å². The number of anilines is 2. The van der Waals surface area contributed by atoms with Crippen molar-refractivity contribution in [3.8, 4) is 11.6 Å². The first-order valence-electron chi connectivity index (χ1n) is 9.70. The molecule has 1 aliphatic rings. The lowest BCUT2D eigenvalue weighted by atomic mass is 10.1. The number of hydrogen-bond donors (Lipinski definition) is 1. The van der Waals surface area contributed by atoms with Crippen LogP contribution in [-0.4, -0.2) is 55.3 Å². The Bertz CT molecular complexity index is 854. The Labute approximate surface area is 176 Å². The molecule has 1 aromatic carbocycles. The van der Waals surface area contributed by atoms with E-state index in [1.807, 2.05) is 37.3 Å². The van der Waals surface area contributed by atoms with Crippen LogP contribution in [0, 0.1) is 6.92 Å². The van der Waals surface area contributed by atoms with Crippen molar-refractivity contribution >= 4 is 29.0 Å². The molecule has 0 unspecified atom stereocenters. The van der Waals surface area contributed by atoms with Crippen LogP contribution in [0.5, 0.6) is 11.6 Å². The second-order valence-electron chi connectivity index (χ2n) is 6.77. The molecule has 2 aromatic rings. The Kier molecular flexibility index (Phi) is 7.04. The number of pyridine rings is 1. The summed E-state index contributed by atoms with van der Waals surface area (Å²) < 4.78 is 10.9. The van der Waals surface area contributed by atoms with Crippen LogP contribution in [0.4, 0.5) is 16.2 Å². The van der Waals surface area contributed by atoms with Gasteiger partial charge in [-0.25, -0.2) is 9.78 Å². The van der Waals surface area contributed by atoms with E-state index < -0.39 is 0 Å². The first-order valence-corrected chi connectivity index (χ1v) is 10.2. The maximum atomic E-state index is 12.8. The summed E-state index contributed by atoms with van der Waals surface area (Å²) >= 11 is 5.73. The Morgan fingerprint density at radius 2 is 1.97 bits per heavy atom. The van der Waals surface area contributed by atoms with Crippen molar-refractivity contribution in [1.82, 2.24) is 9.88 Å². The SMILES string of the molecule is CCc1cc(NC(=O)N2CCN(c3ccccc3OCCl)CC2)c(OC)nc1C. The molecule has 7 nitrogen and oxygen atoms in total. The highest BCUT2D eigenvalue weighted by molar-refractivity contribution is 6.17. The van der Waals surface area contributed by atoms with Crippen molar-refractivity contribution in [3.63, 3.8) is 0 Å². The van der Waals surface area contributed by atoms with Gasteiger partial charge in [0.15, 0.2) is 6.07 Å². The van der Waals surface area contributed by atoms with Crippen molar-refractivity contribution in [2.45, 2.75) is 20.3 Å². The van der Waals surface area contributed by atoms with E-state index in [-0.39, 0.29) is 12.1 Å². The van der Waals surface area contributed by atoms with E-state index in [0.717, 1.165) is 29.1 Å². The summed E-state index contributed by atoms with van der Waals surface area (Å²) in [5, 5.41) is 2.96. The number of carbonyl (C=O) groups is 1. The molecule has 1 fully saturated rings. The van der Waals surface area contributed by atoms with Gasteiger partial charge in [-0.05, 0) is 37.1 Å². The van der Waals surface area contributed by atoms with Gasteiger partial charge >= 0.3 is 6.03 Å². The Morgan fingerprint density at radius 1 is 1.24 bits per heavy atom. The molecule has 8 heteroatoms. The highest BCUT2D eigenvalue weighted by atomic mass is 35.5. The number of rotatable bonds is 6. The van der Waals surface area contributed by atoms with Crippen LogP contribution in [0.15, 0.2) is 30.3 Å². The van der Waals surface area contributed by atoms with Gasteiger partial charge in [0.05, 0.1) is 12.8 Å². The van der Waals surface area contributed by atoms with Gasteiger partial charge in [0.25, 0.3) is 0 Å². The summed E-state index contributed by atoms with van der Waals surface area (Å²) in [5.41, 5.74) is 3.59. The molecular weight excluding hydrogens is 392 g/mol. The molecule has 0 bridgehead atoms. The fraction of sp³-hybridized carbons (Fsp3) is 0.429. The normalized spacial score (nSPS) is 13.9. The van der Waals surface area contributed by atoms with Gasteiger partial charge < -0.3 is 24.6 Å². The van der Waals surface area contributed by atoms with Gasteiger partial charge in [0.1, 0.15) is 11.4 Å². The van der Waals surface area contributed by atoms with Crippen LogP contribution in [-0.2, 0) is 6.42 Å². The average molecular weight is 419 g/mol. The first kappa shape index (κ1) is 21.0. The molecule has 1 saturated heterocycles. The number of aromatic nitrogens is 1. The molecule has 1 aromatic heterocycles. The number of halogens is 1. The molecule has 0 spiro atoms. The van der Waals surface area contributed by atoms with Crippen LogP contribution in [0.25, 0.3) is 0 Å². The van der Waals surface area contributed by atoms with Crippen molar-refractivity contribution in [2.75, 3.05) is 49.6 Å². The average Bonchev–Trinajstić information content (AvgIpc) is 2.75. The monoisotopic (exact) mass is 418 g/mol. The smallest absolute Gasteiger partial charge is 0.322 e. The molecule has 1 aliphatic heterocycles. The number of ether oxygens (including phenoxy) is 2. The second kappa shape index (κ2) is 9.69. The second-order valence-corrected chi connectivity index (χ2v) is 6.99. The fourth-order valence-corrected chi connectivity index (χ4v) is 3.59. The van der Waals surface area contributed by atoms with Crippen molar-refractivity contribution in [2.24, 2.45) is 0 Å². The topological polar surface area (TPSA) is 66.9 Å². The lowest BCUT2D eigenvalue weighted by Crippen LogP contribution is -2.50. The summed E-state index contributed by atoms with van der Waals surface area (Å²) in [6.45, 7) is 6.62. The van der Waals surface area contributed by atoms with Crippen LogP contribution in [0.2, 0.25) is 0 Å². The van der Waals surface area contributed by atoms with Gasteiger partial charge in [-0.1, -0.05) is 30.7 Å². The minimum absolute atomic E-state index is 0.103. The summed E-state index contributed by atoms with van der Waals surface area (Å²) in [7, 11) is 1.56. The molecule has 0 radical (unpaired) electrons. The van der Waals surface area contributed by atoms with E-state index in [1.165, 1.54) is 0 Å². The number of urea groups is 1. The molecule has 1 N–H and O–H groups in total. The van der Waals surface area contributed by atoms with Crippen molar-refractivity contribution in [3.05, 3.63) is 41.6 Å². The van der Waals surface area contributed by atoms with E-state index in [9.17, 15) is 4.79 Å². The van der Waals surface area contributed by atoms with E-state index in [0.29, 0.717) is 37.7 Å². The van der Waals surface area contributed by atoms with Gasteiger partial charge in [-0.3, -0.25) is 0 Å². The number of benzene rings is 1. The lowest BCUT2D eigenvalue weighted by molar-refractivity contribution is 0.208. The summed E-state index contributed by atoms with van der Waals surface area (Å²) in [6.07, 6.45) is 0.841. The molecule has 29 heavy (non-hydrogen) atoms. The number of aryl methyl sites for hydroxylation is 2. The largest absolute Gasteiger partial charge is 0.480 e. The van der Waals surface area contributed by atoms with Gasteiger partial charge in [0, 0.05) is 31.9 Å². The predicted molar refractivity (Wildman–Crippen MR) is 115 cm³/mol. The van der Waals surface area contributed by atoms with Gasteiger partial charge in [-0.2, -0.15) is 0 Å². The zero-order valence-corrected chi connectivity index (χ0v) is 17.8. The third-order valence-corrected chi connectivity index (χ3v) is 5.19. The quantitative estimate of drug-likeness (QED) is 0.721. The van der Waals surface area contributed by atoms with E-state index in [1.54, 1.807) is 12.0 Å². The first-order chi connectivity index (χ1) is 14.1. The van der Waals surface area contributed by atoms with E-state index in [2.05, 4.69) is 22.1 Å². The number of alkyl halides is 1. The molecule has 0 aliphatic carbocycles. The summed E-state index contributed by atoms with van der Waals surface area (Å²) in [5.74, 6) is 1.18. The molecular formula is C21H27ClN4O3. The molecule has 0 saturated carbocycles. The third-order valence-electron chi connectivity index (χ3n) is 5.08. The number of hydrogen-bond acceptors (Lipinski definition) is 5. The Morgan fingerprint density at radius 3 is 2.62 bits per heavy atom. The van der Waals surface area contributed by atoms with Crippen LogP contribution >= 0.6 is 11.6 Å². The molecule has 156 valence electrons. The van der Waals surface area contributed by atoms with Crippen LogP contribution < -0.4 is 19.7 Å². The maximum absolute atomic E-state index is 12.8. The third kappa shape index (κ3) is 4.85. The molecule has 2 amide bonds. The number of nitrogens with zero attached hydrogens (tertiary/aromatic N) is 3. The van der Waals surface area contributed by atoms with Gasteiger partial charge in [-0.15, -0.1) is 0 Å². The Hall–Kier alpha value is -2.67. The molecule has 0 atom stereocenters. The standard InChI is InChI=1S/C21H27ClN4O3/c1-4-16-13-17(20(28-3)23-15(16)2)24-21(27)26-11-9-25(10-12-26)18-7-5-6-8-19(18)29-14-22/h5-8,13H,4,9-12,14H2,1-3H3,(H,24,27). The number of piperazine rings is 1. The molecule has 2 heterocycles.